The molecule has 0 spiro atoms. The van der Waals surface area contributed by atoms with Crippen molar-refractivity contribution in [1.29, 1.82) is 0 Å². The fourth-order valence-corrected chi connectivity index (χ4v) is 1.87. The summed E-state index contributed by atoms with van der Waals surface area (Å²) in [4.78, 5) is 4.37. The number of pyridine rings is 1. The minimum absolute atomic E-state index is 0.279. The van der Waals surface area contributed by atoms with Crippen molar-refractivity contribution in [2.75, 3.05) is 0 Å². The monoisotopic (exact) mass is 198 g/mol. The van der Waals surface area contributed by atoms with Crippen LogP contribution in [0.5, 0.6) is 5.75 Å². The number of aryl methyl sites for hydroxylation is 1. The number of phenolic OH excluding ortho intramolecular Hbond substituents is 1. The summed E-state index contributed by atoms with van der Waals surface area (Å²) in [6.45, 7) is 1.96. The molecule has 15 heavy (non-hydrogen) atoms. The van der Waals surface area contributed by atoms with E-state index in [0.717, 1.165) is 22.2 Å². The highest BCUT2D eigenvalue weighted by Crippen LogP contribution is 2.21. The van der Waals surface area contributed by atoms with Crippen molar-refractivity contribution in [2.45, 2.75) is 6.92 Å². The molecule has 3 heteroatoms. The van der Waals surface area contributed by atoms with E-state index in [4.69, 9.17) is 0 Å². The van der Waals surface area contributed by atoms with E-state index >= 15 is 0 Å². The average molecular weight is 198 g/mol. The summed E-state index contributed by atoms with van der Waals surface area (Å²) < 4.78 is 1.99. The van der Waals surface area contributed by atoms with E-state index in [1.54, 1.807) is 12.1 Å². The van der Waals surface area contributed by atoms with E-state index in [9.17, 15) is 5.11 Å². The highest BCUT2D eigenvalue weighted by molar-refractivity contribution is 5.83. The Kier molecular flexibility index (Phi) is 1.51. The first-order chi connectivity index (χ1) is 7.24. The summed E-state index contributed by atoms with van der Waals surface area (Å²) in [5.74, 6) is 0.279. The van der Waals surface area contributed by atoms with Gasteiger partial charge in [-0.2, -0.15) is 0 Å². The van der Waals surface area contributed by atoms with E-state index in [2.05, 4.69) is 4.98 Å². The summed E-state index contributed by atoms with van der Waals surface area (Å²) in [7, 11) is 0. The Bertz CT molecular complexity index is 655. The average Bonchev–Trinajstić information content (AvgIpc) is 2.58. The third-order valence-electron chi connectivity index (χ3n) is 2.54. The number of aromatic nitrogens is 2. The quantitative estimate of drug-likeness (QED) is 0.602. The molecule has 74 valence electrons. The van der Waals surface area contributed by atoms with Crippen LogP contribution in [0.1, 0.15) is 5.69 Å². The molecule has 2 aromatic heterocycles. The van der Waals surface area contributed by atoms with Crippen molar-refractivity contribution in [3.8, 4) is 5.75 Å². The number of rotatable bonds is 0. The Labute approximate surface area is 86.6 Å². The van der Waals surface area contributed by atoms with Gasteiger partial charge in [0.05, 0.1) is 11.2 Å². The maximum atomic E-state index is 9.46. The molecule has 0 saturated carbocycles. The van der Waals surface area contributed by atoms with Gasteiger partial charge in [0.2, 0.25) is 0 Å². The topological polar surface area (TPSA) is 37.5 Å². The van der Waals surface area contributed by atoms with Gasteiger partial charge < -0.3 is 5.11 Å². The first-order valence-electron chi connectivity index (χ1n) is 4.81. The lowest BCUT2D eigenvalue weighted by Crippen LogP contribution is -1.85. The molecule has 0 unspecified atom stereocenters. The number of benzene rings is 1. The van der Waals surface area contributed by atoms with Crippen molar-refractivity contribution in [1.82, 2.24) is 9.38 Å². The third-order valence-corrected chi connectivity index (χ3v) is 2.54. The van der Waals surface area contributed by atoms with Crippen LogP contribution in [0.2, 0.25) is 0 Å². The summed E-state index contributed by atoms with van der Waals surface area (Å²) in [5, 5.41) is 10.6. The van der Waals surface area contributed by atoms with Gasteiger partial charge in [-0.15, -0.1) is 0 Å². The van der Waals surface area contributed by atoms with Crippen molar-refractivity contribution < 1.29 is 5.11 Å². The van der Waals surface area contributed by atoms with Gasteiger partial charge in [-0.05, 0) is 36.6 Å². The van der Waals surface area contributed by atoms with Crippen LogP contribution in [0, 0.1) is 6.92 Å². The molecule has 2 heterocycles. The van der Waals surface area contributed by atoms with Gasteiger partial charge in [-0.1, -0.05) is 0 Å². The maximum absolute atomic E-state index is 9.46. The number of aromatic hydroxyl groups is 1. The maximum Gasteiger partial charge on any atom is 0.137 e. The van der Waals surface area contributed by atoms with Crippen LogP contribution < -0.4 is 0 Å². The molecule has 0 fully saturated rings. The molecule has 0 radical (unpaired) electrons. The van der Waals surface area contributed by atoms with Gasteiger partial charge in [-0.3, -0.25) is 4.40 Å². The second-order valence-electron chi connectivity index (χ2n) is 3.69. The molecule has 0 saturated heterocycles. The Balaban J connectivity index is 2.56. The number of imidazole rings is 1. The number of phenols is 1. The second kappa shape index (κ2) is 2.73. The molecule has 1 aromatic carbocycles. The molecule has 0 aliphatic heterocycles. The van der Waals surface area contributed by atoms with Gasteiger partial charge >= 0.3 is 0 Å². The van der Waals surface area contributed by atoms with Gasteiger partial charge in [0.1, 0.15) is 11.4 Å². The molecule has 0 aliphatic carbocycles. The Morgan fingerprint density at radius 2 is 2.00 bits per heavy atom. The third kappa shape index (κ3) is 1.16. The minimum Gasteiger partial charge on any atom is -0.508 e. The van der Waals surface area contributed by atoms with E-state index in [1.165, 1.54) is 0 Å². The Hall–Kier alpha value is -2.03. The zero-order chi connectivity index (χ0) is 10.4. The van der Waals surface area contributed by atoms with E-state index < -0.39 is 0 Å². The SMILES string of the molecule is Cc1cn2c(ccc3ccc(O)cc32)n1. The molecule has 0 atom stereocenters. The lowest BCUT2D eigenvalue weighted by molar-refractivity contribution is 0.476. The van der Waals surface area contributed by atoms with Gasteiger partial charge in [0, 0.05) is 12.3 Å². The normalized spacial score (nSPS) is 11.3. The van der Waals surface area contributed by atoms with Gasteiger partial charge in [0.25, 0.3) is 0 Å². The standard InChI is InChI=1S/C12H10N2O/c1-8-7-14-11-6-10(15)4-2-9(11)3-5-12(14)13-8/h2-7,15H,1H3. The van der Waals surface area contributed by atoms with Crippen molar-refractivity contribution >= 4 is 16.6 Å². The smallest absolute Gasteiger partial charge is 0.137 e. The molecule has 3 rings (SSSR count). The van der Waals surface area contributed by atoms with Crippen LogP contribution in [0.15, 0.2) is 36.5 Å². The van der Waals surface area contributed by atoms with E-state index in [0.29, 0.717) is 0 Å². The van der Waals surface area contributed by atoms with E-state index in [1.807, 2.05) is 35.7 Å². The zero-order valence-corrected chi connectivity index (χ0v) is 8.31. The highest BCUT2D eigenvalue weighted by atomic mass is 16.3. The number of hydrogen-bond donors (Lipinski definition) is 1. The predicted molar refractivity (Wildman–Crippen MR) is 59.1 cm³/mol. The van der Waals surface area contributed by atoms with Gasteiger partial charge in [-0.25, -0.2) is 4.98 Å². The Morgan fingerprint density at radius 1 is 1.20 bits per heavy atom. The number of nitrogens with zero attached hydrogens (tertiary/aromatic N) is 2. The largest absolute Gasteiger partial charge is 0.508 e. The van der Waals surface area contributed by atoms with E-state index in [-0.39, 0.29) is 5.75 Å². The van der Waals surface area contributed by atoms with Crippen molar-refractivity contribution in [3.05, 3.63) is 42.2 Å². The summed E-state index contributed by atoms with van der Waals surface area (Å²) >= 11 is 0. The summed E-state index contributed by atoms with van der Waals surface area (Å²) in [6, 6.07) is 9.34. The molecule has 0 amide bonds. The van der Waals surface area contributed by atoms with Crippen molar-refractivity contribution in [2.24, 2.45) is 0 Å². The minimum atomic E-state index is 0.279. The fourth-order valence-electron chi connectivity index (χ4n) is 1.87. The highest BCUT2D eigenvalue weighted by Gasteiger charge is 2.02. The number of fused-ring (bicyclic) bond motifs is 3. The molecular weight excluding hydrogens is 188 g/mol. The lowest BCUT2D eigenvalue weighted by Gasteiger charge is -2.01. The fraction of sp³-hybridized carbons (Fsp3) is 0.0833. The van der Waals surface area contributed by atoms with Crippen LogP contribution >= 0.6 is 0 Å². The van der Waals surface area contributed by atoms with Crippen LogP contribution in [0.4, 0.5) is 0 Å². The second-order valence-corrected chi connectivity index (χ2v) is 3.69. The van der Waals surface area contributed by atoms with Crippen LogP contribution in [0.25, 0.3) is 16.6 Å². The zero-order valence-electron chi connectivity index (χ0n) is 8.31. The van der Waals surface area contributed by atoms with Crippen LogP contribution in [0.3, 0.4) is 0 Å². The molecule has 1 N–H and O–H groups in total. The first-order valence-corrected chi connectivity index (χ1v) is 4.81. The molecule has 0 aliphatic rings. The molecular formula is C12H10N2O. The Morgan fingerprint density at radius 3 is 2.87 bits per heavy atom. The molecule has 3 nitrogen and oxygen atoms in total. The first kappa shape index (κ1) is 8.29. The number of hydrogen-bond acceptors (Lipinski definition) is 2. The lowest BCUT2D eigenvalue weighted by atomic mass is 10.2. The predicted octanol–water partition coefficient (Wildman–Crippen LogP) is 2.50. The summed E-state index contributed by atoms with van der Waals surface area (Å²) in [5.41, 5.74) is 2.87. The summed E-state index contributed by atoms with van der Waals surface area (Å²) in [6.07, 6.45) is 1.97. The van der Waals surface area contributed by atoms with Crippen molar-refractivity contribution in [3.63, 3.8) is 0 Å². The molecule has 0 bridgehead atoms. The van der Waals surface area contributed by atoms with Crippen LogP contribution in [-0.4, -0.2) is 14.5 Å². The molecule has 3 aromatic rings. The van der Waals surface area contributed by atoms with Crippen LogP contribution in [-0.2, 0) is 0 Å². The van der Waals surface area contributed by atoms with Gasteiger partial charge in [0.15, 0.2) is 0 Å².